The molecule has 0 saturated carbocycles. The second-order valence-electron chi connectivity index (χ2n) is 3.83. The van der Waals surface area contributed by atoms with E-state index in [2.05, 4.69) is 4.98 Å². The molecule has 0 saturated heterocycles. The van der Waals surface area contributed by atoms with Gasteiger partial charge in [-0.3, -0.25) is 0 Å². The second kappa shape index (κ2) is 2.85. The summed E-state index contributed by atoms with van der Waals surface area (Å²) < 4.78 is 0. The van der Waals surface area contributed by atoms with E-state index in [0.29, 0.717) is 18.4 Å². The van der Waals surface area contributed by atoms with Crippen molar-refractivity contribution >= 4 is 5.97 Å². The molecule has 14 heavy (non-hydrogen) atoms. The molecular formula is C10H13NO3. The van der Waals surface area contributed by atoms with E-state index in [4.69, 9.17) is 5.11 Å². The van der Waals surface area contributed by atoms with Crippen molar-refractivity contribution in [1.82, 2.24) is 4.98 Å². The van der Waals surface area contributed by atoms with Crippen molar-refractivity contribution in [1.29, 1.82) is 0 Å². The molecule has 1 atom stereocenters. The predicted octanol–water partition coefficient (Wildman–Crippen LogP) is 0.932. The Bertz CT molecular complexity index is 383. The first-order chi connectivity index (χ1) is 6.55. The molecule has 3 N–H and O–H groups in total. The Morgan fingerprint density at radius 1 is 1.64 bits per heavy atom. The highest BCUT2D eigenvalue weighted by Crippen LogP contribution is 2.37. The van der Waals surface area contributed by atoms with Crippen LogP contribution in [-0.4, -0.2) is 21.2 Å². The van der Waals surface area contributed by atoms with Crippen LogP contribution in [0, 0.1) is 6.92 Å². The third-order valence-electron chi connectivity index (χ3n) is 2.91. The van der Waals surface area contributed by atoms with E-state index < -0.39 is 11.6 Å². The maximum Gasteiger partial charge on any atom is 0.340 e. The zero-order valence-electron chi connectivity index (χ0n) is 8.00. The molecule has 1 aliphatic carbocycles. The maximum atomic E-state index is 11.0. The summed E-state index contributed by atoms with van der Waals surface area (Å²) >= 11 is 0. The molecule has 1 aromatic heterocycles. The minimum atomic E-state index is -1.68. The van der Waals surface area contributed by atoms with Gasteiger partial charge in [-0.2, -0.15) is 0 Å². The first-order valence-corrected chi connectivity index (χ1v) is 4.69. The average molecular weight is 195 g/mol. The minimum absolute atomic E-state index is 0.300. The van der Waals surface area contributed by atoms with Crippen LogP contribution in [0.4, 0.5) is 0 Å². The number of carbonyl (C=O) groups is 1. The largest absolute Gasteiger partial charge is 0.479 e. The number of aromatic nitrogens is 1. The van der Waals surface area contributed by atoms with E-state index >= 15 is 0 Å². The lowest BCUT2D eigenvalue weighted by molar-refractivity contribution is -0.161. The van der Waals surface area contributed by atoms with E-state index in [1.165, 1.54) is 0 Å². The van der Waals surface area contributed by atoms with Gasteiger partial charge in [-0.25, -0.2) is 4.79 Å². The van der Waals surface area contributed by atoms with E-state index in [1.807, 2.05) is 0 Å². The fraction of sp³-hybridized carbons (Fsp3) is 0.500. The molecule has 1 unspecified atom stereocenters. The Kier molecular flexibility index (Phi) is 1.89. The summed E-state index contributed by atoms with van der Waals surface area (Å²) in [5.74, 6) is -1.15. The molecule has 76 valence electrons. The van der Waals surface area contributed by atoms with E-state index in [-0.39, 0.29) is 0 Å². The quantitative estimate of drug-likeness (QED) is 0.624. The lowest BCUT2D eigenvalue weighted by Crippen LogP contribution is -2.38. The van der Waals surface area contributed by atoms with Crippen molar-refractivity contribution in [2.24, 2.45) is 0 Å². The highest BCUT2D eigenvalue weighted by Gasteiger charge is 2.43. The summed E-state index contributed by atoms with van der Waals surface area (Å²) in [6.07, 6.45) is 3.65. The number of aryl methyl sites for hydroxylation is 2. The van der Waals surface area contributed by atoms with Crippen molar-refractivity contribution in [3.8, 4) is 0 Å². The van der Waals surface area contributed by atoms with E-state index in [1.54, 1.807) is 13.1 Å². The van der Waals surface area contributed by atoms with Crippen LogP contribution >= 0.6 is 0 Å². The van der Waals surface area contributed by atoms with Crippen molar-refractivity contribution in [3.63, 3.8) is 0 Å². The van der Waals surface area contributed by atoms with Gasteiger partial charge in [0.1, 0.15) is 0 Å². The van der Waals surface area contributed by atoms with Crippen LogP contribution < -0.4 is 0 Å². The Balaban J connectivity index is 2.59. The topological polar surface area (TPSA) is 73.3 Å². The molecule has 0 amide bonds. The van der Waals surface area contributed by atoms with Gasteiger partial charge in [-0.05, 0) is 31.7 Å². The first-order valence-electron chi connectivity index (χ1n) is 4.69. The van der Waals surface area contributed by atoms with Crippen LogP contribution in [0.25, 0.3) is 0 Å². The summed E-state index contributed by atoms with van der Waals surface area (Å²) in [5.41, 5.74) is 0.567. The molecule has 0 fully saturated rings. The number of carboxylic acids is 1. The molecule has 4 heteroatoms. The lowest BCUT2D eigenvalue weighted by atomic mass is 9.80. The summed E-state index contributed by atoms with van der Waals surface area (Å²) in [4.78, 5) is 14.0. The van der Waals surface area contributed by atoms with Crippen LogP contribution in [0.5, 0.6) is 0 Å². The zero-order chi connectivity index (χ0) is 10.3. The Morgan fingerprint density at radius 2 is 2.36 bits per heavy atom. The van der Waals surface area contributed by atoms with Crippen LogP contribution in [-0.2, 0) is 16.8 Å². The monoisotopic (exact) mass is 195 g/mol. The number of aromatic amines is 1. The molecule has 0 bridgehead atoms. The zero-order valence-corrected chi connectivity index (χ0v) is 8.00. The number of hydrogen-bond donors (Lipinski definition) is 3. The molecular weight excluding hydrogens is 182 g/mol. The highest BCUT2D eigenvalue weighted by atomic mass is 16.4. The first kappa shape index (κ1) is 9.27. The van der Waals surface area contributed by atoms with Crippen LogP contribution in [0.3, 0.4) is 0 Å². The number of carboxylic acid groups (broad SMARTS) is 1. The van der Waals surface area contributed by atoms with Crippen molar-refractivity contribution in [3.05, 3.63) is 23.0 Å². The molecule has 4 nitrogen and oxygen atoms in total. The average Bonchev–Trinajstić information content (AvgIpc) is 2.49. The van der Waals surface area contributed by atoms with Gasteiger partial charge in [-0.15, -0.1) is 0 Å². The van der Waals surface area contributed by atoms with Crippen molar-refractivity contribution in [2.45, 2.75) is 31.8 Å². The van der Waals surface area contributed by atoms with Crippen LogP contribution in [0.2, 0.25) is 0 Å². The molecule has 2 rings (SSSR count). The number of H-pyrrole nitrogens is 1. The van der Waals surface area contributed by atoms with Crippen LogP contribution in [0.1, 0.15) is 29.7 Å². The summed E-state index contributed by atoms with van der Waals surface area (Å²) in [6.45, 7) is 1.79. The number of aliphatic carboxylic acids is 1. The second-order valence-corrected chi connectivity index (χ2v) is 3.83. The van der Waals surface area contributed by atoms with E-state index in [0.717, 1.165) is 17.7 Å². The number of rotatable bonds is 1. The highest BCUT2D eigenvalue weighted by molar-refractivity contribution is 5.80. The van der Waals surface area contributed by atoms with Gasteiger partial charge in [-0.1, -0.05) is 0 Å². The Morgan fingerprint density at radius 3 is 3.00 bits per heavy atom. The van der Waals surface area contributed by atoms with Crippen molar-refractivity contribution in [2.75, 3.05) is 0 Å². The fourth-order valence-corrected chi connectivity index (χ4v) is 2.23. The summed E-state index contributed by atoms with van der Waals surface area (Å²) in [5, 5.41) is 19.1. The van der Waals surface area contributed by atoms with Gasteiger partial charge in [0, 0.05) is 17.5 Å². The molecule has 0 radical (unpaired) electrons. The molecule has 0 aromatic carbocycles. The smallest absolute Gasteiger partial charge is 0.340 e. The third kappa shape index (κ3) is 1.07. The van der Waals surface area contributed by atoms with Crippen LogP contribution in [0.15, 0.2) is 6.20 Å². The van der Waals surface area contributed by atoms with Gasteiger partial charge in [0.25, 0.3) is 0 Å². The van der Waals surface area contributed by atoms with Crippen molar-refractivity contribution < 1.29 is 15.0 Å². The molecule has 0 aliphatic heterocycles. The number of aliphatic hydroxyl groups is 1. The van der Waals surface area contributed by atoms with Gasteiger partial charge < -0.3 is 15.2 Å². The molecule has 1 heterocycles. The SMILES string of the molecule is Cc1[nH]cc2c1C(O)(C(=O)O)CCC2. The van der Waals surface area contributed by atoms with Gasteiger partial charge >= 0.3 is 5.97 Å². The molecule has 1 aliphatic rings. The predicted molar refractivity (Wildman–Crippen MR) is 50.0 cm³/mol. The van der Waals surface area contributed by atoms with E-state index in [9.17, 15) is 9.90 Å². The molecule has 0 spiro atoms. The van der Waals surface area contributed by atoms with Gasteiger partial charge in [0.05, 0.1) is 0 Å². The fourth-order valence-electron chi connectivity index (χ4n) is 2.23. The van der Waals surface area contributed by atoms with Gasteiger partial charge in [0.15, 0.2) is 5.60 Å². The maximum absolute atomic E-state index is 11.0. The Labute approximate surface area is 81.6 Å². The van der Waals surface area contributed by atoms with Gasteiger partial charge in [0.2, 0.25) is 0 Å². The third-order valence-corrected chi connectivity index (χ3v) is 2.91. The summed E-state index contributed by atoms with van der Waals surface area (Å²) in [6, 6.07) is 0. The molecule has 1 aromatic rings. The minimum Gasteiger partial charge on any atom is -0.479 e. The number of hydrogen-bond acceptors (Lipinski definition) is 2. The normalized spacial score (nSPS) is 25.9. The lowest BCUT2D eigenvalue weighted by Gasteiger charge is -2.29. The number of nitrogens with one attached hydrogen (secondary N) is 1. The number of fused-ring (bicyclic) bond motifs is 1. The summed E-state index contributed by atoms with van der Waals surface area (Å²) in [7, 11) is 0. The Hall–Kier alpha value is -1.29. The standard InChI is InChI=1S/C10H13NO3/c1-6-8-7(5-11-6)3-2-4-10(8,14)9(12)13/h5,11,14H,2-4H2,1H3,(H,12,13).